The molecule has 0 N–H and O–H groups in total. The third-order valence-corrected chi connectivity index (χ3v) is 2.39. The SMILES string of the molecule is COCc1cc2cc(/C=C/C(C)=O)ccc2o1. The number of furan rings is 1. The first kappa shape index (κ1) is 11.6. The fourth-order valence-corrected chi connectivity index (χ4v) is 1.65. The van der Waals surface area contributed by atoms with Crippen molar-refractivity contribution in [2.24, 2.45) is 0 Å². The molecule has 17 heavy (non-hydrogen) atoms. The molecule has 0 fully saturated rings. The number of fused-ring (bicyclic) bond motifs is 1. The molecule has 0 spiro atoms. The van der Waals surface area contributed by atoms with Crippen LogP contribution in [0.4, 0.5) is 0 Å². The summed E-state index contributed by atoms with van der Waals surface area (Å²) >= 11 is 0. The topological polar surface area (TPSA) is 39.4 Å². The van der Waals surface area contributed by atoms with E-state index in [1.807, 2.05) is 24.3 Å². The molecular formula is C14H14O3. The Bertz CT molecular complexity index is 564. The zero-order valence-corrected chi connectivity index (χ0v) is 9.90. The zero-order chi connectivity index (χ0) is 12.3. The average Bonchev–Trinajstić information content (AvgIpc) is 2.68. The van der Waals surface area contributed by atoms with Crippen molar-refractivity contribution in [1.29, 1.82) is 0 Å². The Morgan fingerprint density at radius 1 is 1.41 bits per heavy atom. The quantitative estimate of drug-likeness (QED) is 0.757. The summed E-state index contributed by atoms with van der Waals surface area (Å²) in [4.78, 5) is 10.8. The van der Waals surface area contributed by atoms with Gasteiger partial charge >= 0.3 is 0 Å². The van der Waals surface area contributed by atoms with Crippen molar-refractivity contribution in [3.05, 3.63) is 41.7 Å². The van der Waals surface area contributed by atoms with Gasteiger partial charge in [-0.2, -0.15) is 0 Å². The van der Waals surface area contributed by atoms with E-state index < -0.39 is 0 Å². The molecule has 2 aromatic rings. The summed E-state index contributed by atoms with van der Waals surface area (Å²) in [6, 6.07) is 7.75. The van der Waals surface area contributed by atoms with Gasteiger partial charge in [-0.3, -0.25) is 4.79 Å². The monoisotopic (exact) mass is 230 g/mol. The third-order valence-electron chi connectivity index (χ3n) is 2.39. The maximum absolute atomic E-state index is 10.8. The van der Waals surface area contributed by atoms with E-state index in [2.05, 4.69) is 0 Å². The van der Waals surface area contributed by atoms with Crippen LogP contribution in [0.5, 0.6) is 0 Å². The van der Waals surface area contributed by atoms with Crippen LogP contribution in [0.15, 0.2) is 34.8 Å². The lowest BCUT2D eigenvalue weighted by Gasteiger charge is -1.92. The Morgan fingerprint density at radius 3 is 2.94 bits per heavy atom. The highest BCUT2D eigenvalue weighted by molar-refractivity contribution is 5.92. The Morgan fingerprint density at radius 2 is 2.24 bits per heavy atom. The number of hydrogen-bond acceptors (Lipinski definition) is 3. The van der Waals surface area contributed by atoms with Crippen LogP contribution in [0, 0.1) is 0 Å². The molecular weight excluding hydrogens is 216 g/mol. The van der Waals surface area contributed by atoms with Gasteiger partial charge in [0.15, 0.2) is 5.78 Å². The van der Waals surface area contributed by atoms with Gasteiger partial charge in [-0.1, -0.05) is 12.1 Å². The van der Waals surface area contributed by atoms with Crippen LogP contribution in [0.1, 0.15) is 18.2 Å². The molecule has 1 aromatic heterocycles. The van der Waals surface area contributed by atoms with Gasteiger partial charge in [-0.25, -0.2) is 0 Å². The first-order chi connectivity index (χ1) is 8.19. The lowest BCUT2D eigenvalue weighted by molar-refractivity contribution is -0.112. The van der Waals surface area contributed by atoms with E-state index in [9.17, 15) is 4.79 Å². The van der Waals surface area contributed by atoms with Gasteiger partial charge in [0.05, 0.1) is 0 Å². The van der Waals surface area contributed by atoms with Crippen LogP contribution < -0.4 is 0 Å². The smallest absolute Gasteiger partial charge is 0.152 e. The number of carbonyl (C=O) groups excluding carboxylic acids is 1. The zero-order valence-electron chi connectivity index (χ0n) is 9.90. The Labute approximate surface area is 99.7 Å². The predicted molar refractivity (Wildman–Crippen MR) is 66.6 cm³/mol. The van der Waals surface area contributed by atoms with Crippen LogP contribution >= 0.6 is 0 Å². The van der Waals surface area contributed by atoms with Gasteiger partial charge in [0.2, 0.25) is 0 Å². The third kappa shape index (κ3) is 2.82. The molecule has 1 heterocycles. The Balaban J connectivity index is 2.33. The number of ketones is 1. The summed E-state index contributed by atoms with van der Waals surface area (Å²) in [7, 11) is 1.63. The first-order valence-corrected chi connectivity index (χ1v) is 5.39. The number of methoxy groups -OCH3 is 1. The van der Waals surface area contributed by atoms with E-state index in [0.29, 0.717) is 6.61 Å². The highest BCUT2D eigenvalue weighted by Crippen LogP contribution is 2.21. The van der Waals surface area contributed by atoms with Crippen molar-refractivity contribution < 1.29 is 13.9 Å². The molecule has 1 aromatic carbocycles. The standard InChI is InChI=1S/C14H14O3/c1-10(15)3-4-11-5-6-14-12(7-11)8-13(17-14)9-16-2/h3-8H,9H2,1-2H3/b4-3+. The van der Waals surface area contributed by atoms with Crippen molar-refractivity contribution in [1.82, 2.24) is 0 Å². The predicted octanol–water partition coefficient (Wildman–Crippen LogP) is 3.18. The van der Waals surface area contributed by atoms with E-state index in [4.69, 9.17) is 9.15 Å². The largest absolute Gasteiger partial charge is 0.459 e. The number of rotatable bonds is 4. The van der Waals surface area contributed by atoms with Crippen molar-refractivity contribution >= 4 is 22.8 Å². The van der Waals surface area contributed by atoms with Crippen LogP contribution in [0.25, 0.3) is 17.0 Å². The molecule has 0 unspecified atom stereocenters. The normalized spacial score (nSPS) is 11.4. The van der Waals surface area contributed by atoms with Gasteiger partial charge in [-0.05, 0) is 36.8 Å². The molecule has 0 aliphatic rings. The van der Waals surface area contributed by atoms with E-state index in [-0.39, 0.29) is 5.78 Å². The molecule has 0 aliphatic carbocycles. The van der Waals surface area contributed by atoms with Gasteiger partial charge in [0.1, 0.15) is 18.0 Å². The lowest BCUT2D eigenvalue weighted by Crippen LogP contribution is -1.81. The van der Waals surface area contributed by atoms with Gasteiger partial charge in [0.25, 0.3) is 0 Å². The number of ether oxygens (including phenoxy) is 1. The van der Waals surface area contributed by atoms with Crippen LogP contribution in [0.2, 0.25) is 0 Å². The molecule has 0 bridgehead atoms. The summed E-state index contributed by atoms with van der Waals surface area (Å²) in [5.41, 5.74) is 1.81. The van der Waals surface area contributed by atoms with Gasteiger partial charge < -0.3 is 9.15 Å². The van der Waals surface area contributed by atoms with E-state index in [1.165, 1.54) is 6.92 Å². The highest BCUT2D eigenvalue weighted by Gasteiger charge is 2.03. The van der Waals surface area contributed by atoms with Crippen molar-refractivity contribution in [2.45, 2.75) is 13.5 Å². The molecule has 2 rings (SSSR count). The number of hydrogen-bond donors (Lipinski definition) is 0. The summed E-state index contributed by atoms with van der Waals surface area (Å²) in [5.74, 6) is 0.840. The van der Waals surface area contributed by atoms with Gasteiger partial charge in [0, 0.05) is 12.5 Å². The van der Waals surface area contributed by atoms with E-state index >= 15 is 0 Å². The molecule has 0 saturated heterocycles. The van der Waals surface area contributed by atoms with E-state index in [1.54, 1.807) is 19.3 Å². The fraction of sp³-hybridized carbons (Fsp3) is 0.214. The summed E-state index contributed by atoms with van der Waals surface area (Å²) < 4.78 is 10.6. The fourth-order valence-electron chi connectivity index (χ4n) is 1.65. The molecule has 0 radical (unpaired) electrons. The second-order valence-electron chi connectivity index (χ2n) is 3.89. The molecule has 3 heteroatoms. The molecule has 0 atom stereocenters. The van der Waals surface area contributed by atoms with Crippen molar-refractivity contribution in [2.75, 3.05) is 7.11 Å². The minimum atomic E-state index is 0.0392. The molecule has 88 valence electrons. The van der Waals surface area contributed by atoms with Crippen molar-refractivity contribution in [3.8, 4) is 0 Å². The van der Waals surface area contributed by atoms with E-state index in [0.717, 1.165) is 22.3 Å². The maximum Gasteiger partial charge on any atom is 0.152 e. The van der Waals surface area contributed by atoms with Crippen LogP contribution in [-0.2, 0) is 16.1 Å². The minimum absolute atomic E-state index is 0.0392. The molecule has 0 saturated carbocycles. The maximum atomic E-state index is 10.8. The Hall–Kier alpha value is -1.87. The molecule has 0 aliphatic heterocycles. The second kappa shape index (κ2) is 4.97. The number of allylic oxidation sites excluding steroid dienone is 1. The summed E-state index contributed by atoms with van der Waals surface area (Å²) in [5, 5.41) is 1.02. The molecule has 3 nitrogen and oxygen atoms in total. The van der Waals surface area contributed by atoms with Crippen LogP contribution in [0.3, 0.4) is 0 Å². The lowest BCUT2D eigenvalue weighted by atomic mass is 10.1. The number of benzene rings is 1. The summed E-state index contributed by atoms with van der Waals surface area (Å²) in [6.07, 6.45) is 3.35. The number of carbonyl (C=O) groups is 1. The minimum Gasteiger partial charge on any atom is -0.459 e. The highest BCUT2D eigenvalue weighted by atomic mass is 16.5. The first-order valence-electron chi connectivity index (χ1n) is 5.39. The Kier molecular flexibility index (Phi) is 3.40. The average molecular weight is 230 g/mol. The van der Waals surface area contributed by atoms with Gasteiger partial charge in [-0.15, -0.1) is 0 Å². The van der Waals surface area contributed by atoms with Crippen LogP contribution in [-0.4, -0.2) is 12.9 Å². The second-order valence-corrected chi connectivity index (χ2v) is 3.89. The van der Waals surface area contributed by atoms with Crippen molar-refractivity contribution in [3.63, 3.8) is 0 Å². The molecule has 0 amide bonds. The summed E-state index contributed by atoms with van der Waals surface area (Å²) in [6.45, 7) is 2.00.